The standard InChI is InChI=1S/C23H29N7O/c1-15-14-20(24-8-9-30-10-12-31-13-11-30)27-22(25-15)29-23-26-16(2)18-7-6-17-4-3-5-19(17)21(18)28-23/h6-7,14H,3-5,8-13H2,1-2H3,(H2,24,25,26,27,28,29). The Hall–Kier alpha value is -2.84. The fraction of sp³-hybridized carbons (Fsp3) is 0.478. The van der Waals surface area contributed by atoms with Crippen LogP contribution in [0.15, 0.2) is 18.2 Å². The Morgan fingerprint density at radius 2 is 1.84 bits per heavy atom. The second kappa shape index (κ2) is 8.72. The molecule has 1 aliphatic heterocycles. The largest absolute Gasteiger partial charge is 0.379 e. The summed E-state index contributed by atoms with van der Waals surface area (Å²) in [6, 6.07) is 6.34. The van der Waals surface area contributed by atoms with Gasteiger partial charge in [-0.15, -0.1) is 0 Å². The van der Waals surface area contributed by atoms with Gasteiger partial charge in [-0.3, -0.25) is 10.2 Å². The number of hydrogen-bond acceptors (Lipinski definition) is 8. The molecule has 8 nitrogen and oxygen atoms in total. The van der Waals surface area contributed by atoms with Crippen molar-refractivity contribution < 1.29 is 4.74 Å². The molecule has 8 heteroatoms. The van der Waals surface area contributed by atoms with Gasteiger partial charge in [-0.05, 0) is 44.2 Å². The molecule has 1 aromatic carbocycles. The first-order chi connectivity index (χ1) is 15.2. The average Bonchev–Trinajstić information content (AvgIpc) is 3.24. The minimum Gasteiger partial charge on any atom is -0.379 e. The number of aromatic nitrogens is 4. The van der Waals surface area contributed by atoms with Gasteiger partial charge in [0.25, 0.3) is 0 Å². The SMILES string of the molecule is Cc1cc(NCCN2CCOCC2)nc(Nc2nc(C)c3ccc4c(c3n2)CCC4)n1. The van der Waals surface area contributed by atoms with Gasteiger partial charge in [0.05, 0.1) is 24.4 Å². The van der Waals surface area contributed by atoms with Gasteiger partial charge in [0.1, 0.15) is 5.82 Å². The van der Waals surface area contributed by atoms with Gasteiger partial charge in [-0.1, -0.05) is 12.1 Å². The molecule has 3 aromatic rings. The number of nitrogens with zero attached hydrogens (tertiary/aromatic N) is 5. The van der Waals surface area contributed by atoms with Crippen molar-refractivity contribution in [3.63, 3.8) is 0 Å². The minimum absolute atomic E-state index is 0.514. The van der Waals surface area contributed by atoms with Crippen LogP contribution < -0.4 is 10.6 Å². The van der Waals surface area contributed by atoms with E-state index in [0.717, 1.165) is 80.3 Å². The third-order valence-electron chi connectivity index (χ3n) is 6.05. The van der Waals surface area contributed by atoms with E-state index in [1.54, 1.807) is 0 Å². The van der Waals surface area contributed by atoms with E-state index in [1.807, 2.05) is 19.9 Å². The van der Waals surface area contributed by atoms with E-state index >= 15 is 0 Å². The quantitative estimate of drug-likeness (QED) is 0.630. The van der Waals surface area contributed by atoms with Crippen molar-refractivity contribution in [1.82, 2.24) is 24.8 Å². The fourth-order valence-corrected chi connectivity index (χ4v) is 4.45. The van der Waals surface area contributed by atoms with Gasteiger partial charge in [-0.2, -0.15) is 4.98 Å². The Balaban J connectivity index is 1.33. The van der Waals surface area contributed by atoms with E-state index in [4.69, 9.17) is 9.72 Å². The second-order valence-electron chi connectivity index (χ2n) is 8.31. The summed E-state index contributed by atoms with van der Waals surface area (Å²) < 4.78 is 5.41. The zero-order valence-electron chi connectivity index (χ0n) is 18.2. The predicted octanol–water partition coefficient (Wildman–Crippen LogP) is 3.01. The topological polar surface area (TPSA) is 88.1 Å². The van der Waals surface area contributed by atoms with E-state index in [2.05, 4.69) is 42.6 Å². The normalized spacial score (nSPS) is 16.5. The number of benzene rings is 1. The summed E-state index contributed by atoms with van der Waals surface area (Å²) >= 11 is 0. The van der Waals surface area contributed by atoms with Gasteiger partial charge in [-0.25, -0.2) is 15.0 Å². The second-order valence-corrected chi connectivity index (χ2v) is 8.31. The molecular weight excluding hydrogens is 390 g/mol. The molecule has 0 unspecified atom stereocenters. The van der Waals surface area contributed by atoms with Crippen LogP contribution in [-0.2, 0) is 17.6 Å². The maximum Gasteiger partial charge on any atom is 0.231 e. The summed E-state index contributed by atoms with van der Waals surface area (Å²) in [5.74, 6) is 1.87. The number of fused-ring (bicyclic) bond motifs is 3. The number of ether oxygens (including phenoxy) is 1. The molecule has 1 saturated heterocycles. The van der Waals surface area contributed by atoms with Crippen LogP contribution in [0.25, 0.3) is 10.9 Å². The van der Waals surface area contributed by atoms with Crippen LogP contribution in [0.1, 0.15) is 28.9 Å². The molecule has 0 saturated carbocycles. The molecule has 162 valence electrons. The van der Waals surface area contributed by atoms with E-state index in [1.165, 1.54) is 17.5 Å². The maximum absolute atomic E-state index is 5.41. The van der Waals surface area contributed by atoms with Gasteiger partial charge >= 0.3 is 0 Å². The molecule has 2 aromatic heterocycles. The molecule has 0 radical (unpaired) electrons. The summed E-state index contributed by atoms with van der Waals surface area (Å²) in [7, 11) is 0. The minimum atomic E-state index is 0.514. The van der Waals surface area contributed by atoms with E-state index in [9.17, 15) is 0 Å². The molecule has 0 atom stereocenters. The van der Waals surface area contributed by atoms with Crippen LogP contribution in [-0.4, -0.2) is 64.2 Å². The summed E-state index contributed by atoms with van der Waals surface area (Å²) in [5, 5.41) is 7.78. The van der Waals surface area contributed by atoms with Crippen LogP contribution in [0, 0.1) is 13.8 Å². The molecule has 1 aliphatic carbocycles. The lowest BCUT2D eigenvalue weighted by Gasteiger charge is -2.26. The van der Waals surface area contributed by atoms with Crippen LogP contribution in [0.5, 0.6) is 0 Å². The molecule has 3 heterocycles. The highest BCUT2D eigenvalue weighted by atomic mass is 16.5. The Morgan fingerprint density at radius 1 is 1.00 bits per heavy atom. The van der Waals surface area contributed by atoms with E-state index in [-0.39, 0.29) is 0 Å². The summed E-state index contributed by atoms with van der Waals surface area (Å²) in [4.78, 5) is 21.1. The Morgan fingerprint density at radius 3 is 2.71 bits per heavy atom. The van der Waals surface area contributed by atoms with Crippen LogP contribution in [0.4, 0.5) is 17.7 Å². The van der Waals surface area contributed by atoms with Crippen LogP contribution in [0.3, 0.4) is 0 Å². The third-order valence-corrected chi connectivity index (χ3v) is 6.05. The Kier molecular flexibility index (Phi) is 5.65. The lowest BCUT2D eigenvalue weighted by Crippen LogP contribution is -2.39. The first-order valence-electron chi connectivity index (χ1n) is 11.1. The van der Waals surface area contributed by atoms with Crippen molar-refractivity contribution in [2.75, 3.05) is 50.0 Å². The fourth-order valence-electron chi connectivity index (χ4n) is 4.45. The maximum atomic E-state index is 5.41. The Labute approximate surface area is 182 Å². The number of morpholine rings is 1. The zero-order valence-corrected chi connectivity index (χ0v) is 18.2. The zero-order chi connectivity index (χ0) is 21.2. The van der Waals surface area contributed by atoms with Crippen molar-refractivity contribution in [3.05, 3.63) is 40.7 Å². The van der Waals surface area contributed by atoms with Crippen molar-refractivity contribution in [2.45, 2.75) is 33.1 Å². The van der Waals surface area contributed by atoms with Crippen molar-refractivity contribution in [2.24, 2.45) is 0 Å². The first-order valence-corrected chi connectivity index (χ1v) is 11.1. The predicted molar refractivity (Wildman–Crippen MR) is 122 cm³/mol. The van der Waals surface area contributed by atoms with Gasteiger partial charge in [0.15, 0.2) is 0 Å². The molecule has 0 bridgehead atoms. The lowest BCUT2D eigenvalue weighted by molar-refractivity contribution is 0.0398. The molecule has 5 rings (SSSR count). The highest BCUT2D eigenvalue weighted by Gasteiger charge is 2.17. The summed E-state index contributed by atoms with van der Waals surface area (Å²) in [6.45, 7) is 9.40. The monoisotopic (exact) mass is 419 g/mol. The van der Waals surface area contributed by atoms with Gasteiger partial charge < -0.3 is 10.1 Å². The van der Waals surface area contributed by atoms with Gasteiger partial charge in [0.2, 0.25) is 11.9 Å². The third kappa shape index (κ3) is 4.45. The lowest BCUT2D eigenvalue weighted by atomic mass is 10.0. The average molecular weight is 420 g/mol. The smallest absolute Gasteiger partial charge is 0.231 e. The summed E-state index contributed by atoms with van der Waals surface area (Å²) in [6.07, 6.45) is 3.42. The molecule has 0 spiro atoms. The number of hydrogen-bond donors (Lipinski definition) is 2. The number of rotatable bonds is 6. The van der Waals surface area contributed by atoms with Crippen LogP contribution in [0.2, 0.25) is 0 Å². The summed E-state index contributed by atoms with van der Waals surface area (Å²) in [5.41, 5.74) is 5.70. The van der Waals surface area contributed by atoms with Crippen molar-refractivity contribution in [3.8, 4) is 0 Å². The Bertz CT molecular complexity index is 1090. The number of aryl methyl sites for hydroxylation is 4. The first kappa shape index (κ1) is 20.1. The highest BCUT2D eigenvalue weighted by Crippen LogP contribution is 2.30. The molecular formula is C23H29N7O. The number of anilines is 3. The van der Waals surface area contributed by atoms with Crippen molar-refractivity contribution >= 4 is 28.6 Å². The molecule has 1 fully saturated rings. The van der Waals surface area contributed by atoms with E-state index in [0.29, 0.717) is 11.9 Å². The molecule has 2 N–H and O–H groups in total. The van der Waals surface area contributed by atoms with E-state index < -0.39 is 0 Å². The van der Waals surface area contributed by atoms with Crippen LogP contribution >= 0.6 is 0 Å². The molecule has 2 aliphatic rings. The van der Waals surface area contributed by atoms with Crippen molar-refractivity contribution in [1.29, 1.82) is 0 Å². The number of nitrogens with one attached hydrogen (secondary N) is 2. The molecule has 31 heavy (non-hydrogen) atoms. The highest BCUT2D eigenvalue weighted by molar-refractivity contribution is 5.86. The van der Waals surface area contributed by atoms with Gasteiger partial charge in [0, 0.05) is 43.3 Å². The molecule has 0 amide bonds.